The van der Waals surface area contributed by atoms with Crippen LogP contribution in [-0.2, 0) is 6.54 Å². The summed E-state index contributed by atoms with van der Waals surface area (Å²) in [5.41, 5.74) is 2.00. The van der Waals surface area contributed by atoms with Gasteiger partial charge in [-0.05, 0) is 18.6 Å². The van der Waals surface area contributed by atoms with Gasteiger partial charge in [-0.25, -0.2) is 9.37 Å². The molecule has 24 heavy (non-hydrogen) atoms. The maximum absolute atomic E-state index is 14.3. The van der Waals surface area contributed by atoms with Crippen molar-refractivity contribution >= 4 is 11.0 Å². The molecule has 0 amide bonds. The zero-order chi connectivity index (χ0) is 16.5. The monoisotopic (exact) mass is 323 g/mol. The number of hydrogen-bond acceptors (Lipinski definition) is 4. The molecule has 0 atom stereocenters. The number of aryl methyl sites for hydroxylation is 1. The van der Waals surface area contributed by atoms with Gasteiger partial charge >= 0.3 is 0 Å². The van der Waals surface area contributed by atoms with Crippen LogP contribution in [0, 0.1) is 17.1 Å². The van der Waals surface area contributed by atoms with Crippen molar-refractivity contribution in [3.63, 3.8) is 0 Å². The lowest BCUT2D eigenvalue weighted by molar-refractivity contribution is 0.174. The molecule has 1 aliphatic heterocycles. The molecular weight excluding hydrogens is 309 g/mol. The van der Waals surface area contributed by atoms with Gasteiger partial charge in [-0.1, -0.05) is 12.1 Å². The van der Waals surface area contributed by atoms with Crippen LogP contribution >= 0.6 is 0 Å². The molecule has 4 rings (SSSR count). The molecule has 0 spiro atoms. The lowest BCUT2D eigenvalue weighted by Gasteiger charge is -2.09. The van der Waals surface area contributed by atoms with Crippen LogP contribution in [0.4, 0.5) is 4.39 Å². The Labute approximate surface area is 137 Å². The van der Waals surface area contributed by atoms with Crippen molar-refractivity contribution in [2.45, 2.75) is 19.4 Å². The number of imidazole rings is 1. The van der Waals surface area contributed by atoms with Crippen molar-refractivity contribution < 1.29 is 13.9 Å². The first kappa shape index (κ1) is 14.5. The van der Waals surface area contributed by atoms with Crippen LogP contribution in [0.2, 0.25) is 0 Å². The van der Waals surface area contributed by atoms with Gasteiger partial charge in [-0.3, -0.25) is 0 Å². The second-order valence-electron chi connectivity index (χ2n) is 5.52. The second-order valence-corrected chi connectivity index (χ2v) is 5.52. The molecule has 0 N–H and O–H groups in total. The number of hydrogen-bond donors (Lipinski definition) is 0. The lowest BCUT2D eigenvalue weighted by atomic mass is 10.2. The smallest absolute Gasteiger partial charge is 0.231 e. The number of ether oxygens (including phenoxy) is 2. The van der Waals surface area contributed by atoms with Crippen LogP contribution < -0.4 is 9.47 Å². The molecule has 0 saturated carbocycles. The Balaban J connectivity index is 1.90. The maximum atomic E-state index is 14.3. The minimum absolute atomic E-state index is 0.191. The van der Waals surface area contributed by atoms with E-state index in [9.17, 15) is 4.39 Å². The summed E-state index contributed by atoms with van der Waals surface area (Å²) >= 11 is 0. The van der Waals surface area contributed by atoms with E-state index in [4.69, 9.17) is 14.7 Å². The van der Waals surface area contributed by atoms with E-state index in [0.29, 0.717) is 42.3 Å². The molecule has 0 unspecified atom stereocenters. The van der Waals surface area contributed by atoms with E-state index >= 15 is 0 Å². The van der Waals surface area contributed by atoms with Gasteiger partial charge in [0.05, 0.1) is 22.7 Å². The molecule has 2 heterocycles. The van der Waals surface area contributed by atoms with Gasteiger partial charge < -0.3 is 14.0 Å². The first-order valence-electron chi connectivity index (χ1n) is 7.69. The Bertz CT molecular complexity index is 959. The summed E-state index contributed by atoms with van der Waals surface area (Å²) in [6, 6.07) is 12.4. The Morgan fingerprint density at radius 1 is 1.21 bits per heavy atom. The van der Waals surface area contributed by atoms with E-state index in [1.807, 2.05) is 16.7 Å². The number of benzene rings is 2. The summed E-state index contributed by atoms with van der Waals surface area (Å²) in [4.78, 5) is 4.60. The van der Waals surface area contributed by atoms with Gasteiger partial charge in [-0.15, -0.1) is 0 Å². The fraction of sp³-hybridized carbons (Fsp3) is 0.222. The van der Waals surface area contributed by atoms with E-state index in [2.05, 4.69) is 11.1 Å². The molecule has 0 radical (unpaired) electrons. The summed E-state index contributed by atoms with van der Waals surface area (Å²) in [6.45, 7) is 0.768. The minimum Gasteiger partial charge on any atom is -0.454 e. The van der Waals surface area contributed by atoms with E-state index in [1.165, 1.54) is 6.07 Å². The fourth-order valence-corrected chi connectivity index (χ4v) is 2.91. The fourth-order valence-electron chi connectivity index (χ4n) is 2.91. The summed E-state index contributed by atoms with van der Waals surface area (Å²) in [5, 5.41) is 8.79. The van der Waals surface area contributed by atoms with Crippen LogP contribution in [0.1, 0.15) is 12.8 Å². The van der Waals surface area contributed by atoms with E-state index < -0.39 is 0 Å². The summed E-state index contributed by atoms with van der Waals surface area (Å²) in [7, 11) is 0. The van der Waals surface area contributed by atoms with Crippen LogP contribution in [0.5, 0.6) is 11.5 Å². The normalized spacial score (nSPS) is 12.5. The molecule has 1 aliphatic rings. The molecule has 120 valence electrons. The van der Waals surface area contributed by atoms with Gasteiger partial charge in [0.25, 0.3) is 0 Å². The van der Waals surface area contributed by atoms with Crippen molar-refractivity contribution in [1.82, 2.24) is 9.55 Å². The predicted molar refractivity (Wildman–Crippen MR) is 86.1 cm³/mol. The van der Waals surface area contributed by atoms with Crippen molar-refractivity contribution in [2.75, 3.05) is 6.79 Å². The number of nitrogens with zero attached hydrogens (tertiary/aromatic N) is 3. The van der Waals surface area contributed by atoms with E-state index in [1.54, 1.807) is 18.2 Å². The maximum Gasteiger partial charge on any atom is 0.231 e. The highest BCUT2D eigenvalue weighted by atomic mass is 19.1. The summed E-state index contributed by atoms with van der Waals surface area (Å²) in [6.07, 6.45) is 1.10. The molecule has 3 aromatic rings. The van der Waals surface area contributed by atoms with Crippen molar-refractivity contribution in [1.29, 1.82) is 5.26 Å². The Morgan fingerprint density at radius 3 is 2.79 bits per heavy atom. The number of nitriles is 1. The number of fused-ring (bicyclic) bond motifs is 2. The summed E-state index contributed by atoms with van der Waals surface area (Å²) in [5.74, 6) is 1.52. The van der Waals surface area contributed by atoms with E-state index in [-0.39, 0.29) is 12.6 Å². The first-order valence-corrected chi connectivity index (χ1v) is 7.69. The van der Waals surface area contributed by atoms with Crippen molar-refractivity contribution in [2.24, 2.45) is 0 Å². The van der Waals surface area contributed by atoms with E-state index in [0.717, 1.165) is 11.0 Å². The third-order valence-corrected chi connectivity index (χ3v) is 4.03. The number of aromatic nitrogens is 2. The van der Waals surface area contributed by atoms with Gasteiger partial charge in [0.15, 0.2) is 11.5 Å². The third kappa shape index (κ3) is 2.35. The topological polar surface area (TPSA) is 60.1 Å². The van der Waals surface area contributed by atoms with Crippen LogP contribution in [-0.4, -0.2) is 16.3 Å². The molecule has 5 nitrogen and oxygen atoms in total. The van der Waals surface area contributed by atoms with Crippen LogP contribution in [0.3, 0.4) is 0 Å². The predicted octanol–water partition coefficient (Wildman–Crippen LogP) is 3.87. The molecule has 0 fully saturated rings. The summed E-state index contributed by atoms with van der Waals surface area (Å²) < 4.78 is 27.0. The average Bonchev–Trinajstić information content (AvgIpc) is 3.17. The lowest BCUT2D eigenvalue weighted by Crippen LogP contribution is -2.02. The second kappa shape index (κ2) is 5.85. The van der Waals surface area contributed by atoms with Crippen LogP contribution in [0.25, 0.3) is 22.4 Å². The molecule has 1 aromatic heterocycles. The number of unbranched alkanes of at least 4 members (excludes halogenated alkanes) is 1. The molecule has 6 heteroatoms. The average molecular weight is 323 g/mol. The highest BCUT2D eigenvalue weighted by Crippen LogP contribution is 2.38. The van der Waals surface area contributed by atoms with Gasteiger partial charge in [0.2, 0.25) is 6.79 Å². The quantitative estimate of drug-likeness (QED) is 0.684. The highest BCUT2D eigenvalue weighted by molar-refractivity contribution is 5.84. The molecule has 0 bridgehead atoms. The van der Waals surface area contributed by atoms with Gasteiger partial charge in [0.1, 0.15) is 11.6 Å². The van der Waals surface area contributed by atoms with Crippen molar-refractivity contribution in [3.8, 4) is 29.0 Å². The minimum atomic E-state index is -0.325. The number of halogens is 1. The number of rotatable bonds is 4. The zero-order valence-electron chi connectivity index (χ0n) is 12.8. The molecular formula is C18H14FN3O2. The molecule has 2 aromatic carbocycles. The van der Waals surface area contributed by atoms with Gasteiger partial charge in [-0.2, -0.15) is 5.26 Å². The molecule has 0 saturated heterocycles. The Kier molecular flexibility index (Phi) is 3.54. The largest absolute Gasteiger partial charge is 0.454 e. The standard InChI is InChI=1S/C18H14FN3O2/c19-13-6-2-1-5-12(13)18-21-14-9-16-17(24-11-23-16)10-15(14)22(18)8-4-3-7-20/h1-2,5-6,9-10H,3-4,8,11H2. The molecule has 0 aliphatic carbocycles. The Hall–Kier alpha value is -3.07. The van der Waals surface area contributed by atoms with Gasteiger partial charge in [0, 0.05) is 25.1 Å². The zero-order valence-corrected chi connectivity index (χ0v) is 12.8. The highest BCUT2D eigenvalue weighted by Gasteiger charge is 2.20. The SMILES string of the molecule is N#CCCCn1c(-c2ccccc2F)nc2cc3c(cc21)OCO3. The third-order valence-electron chi connectivity index (χ3n) is 4.03. The Morgan fingerprint density at radius 2 is 2.00 bits per heavy atom. The first-order chi connectivity index (χ1) is 11.8. The van der Waals surface area contributed by atoms with Crippen molar-refractivity contribution in [3.05, 3.63) is 42.2 Å². The van der Waals surface area contributed by atoms with Crippen LogP contribution in [0.15, 0.2) is 36.4 Å².